The van der Waals surface area contributed by atoms with E-state index in [1.165, 1.54) is 0 Å². The third kappa shape index (κ3) is 2.31. The van der Waals surface area contributed by atoms with Gasteiger partial charge in [0.2, 0.25) is 0 Å². The van der Waals surface area contributed by atoms with Crippen molar-refractivity contribution in [2.75, 3.05) is 0 Å². The van der Waals surface area contributed by atoms with Gasteiger partial charge in [-0.3, -0.25) is 9.59 Å². The van der Waals surface area contributed by atoms with Crippen molar-refractivity contribution < 1.29 is 14.7 Å². The van der Waals surface area contributed by atoms with Crippen LogP contribution in [-0.2, 0) is 9.59 Å². The van der Waals surface area contributed by atoms with E-state index in [0.717, 1.165) is 10.0 Å². The first-order valence-corrected chi connectivity index (χ1v) is 6.08. The van der Waals surface area contributed by atoms with Crippen LogP contribution in [-0.4, -0.2) is 16.7 Å². The van der Waals surface area contributed by atoms with Gasteiger partial charge in [0, 0.05) is 17.3 Å². The first kappa shape index (κ1) is 12.0. The number of aliphatic hydroxyl groups excluding tert-OH is 1. The SMILES string of the molecule is O=C1CC(c2ccccc2Br)CC(=O)C1=CO. The smallest absolute Gasteiger partial charge is 0.170 e. The predicted molar refractivity (Wildman–Crippen MR) is 66.8 cm³/mol. The highest BCUT2D eigenvalue weighted by atomic mass is 79.9. The van der Waals surface area contributed by atoms with Gasteiger partial charge in [-0.1, -0.05) is 34.1 Å². The lowest BCUT2D eigenvalue weighted by Crippen LogP contribution is -2.25. The minimum absolute atomic E-state index is 0.0756. The summed E-state index contributed by atoms with van der Waals surface area (Å²) in [6.07, 6.45) is 1.16. The number of carbonyl (C=O) groups excluding carboxylic acids is 2. The minimum Gasteiger partial charge on any atom is -0.515 e. The van der Waals surface area contributed by atoms with Gasteiger partial charge in [-0.2, -0.15) is 0 Å². The second-order valence-electron chi connectivity index (χ2n) is 4.02. The molecule has 0 heterocycles. The van der Waals surface area contributed by atoms with E-state index in [2.05, 4.69) is 15.9 Å². The molecular formula is C13H11BrO3. The summed E-state index contributed by atoms with van der Waals surface area (Å²) < 4.78 is 0.905. The van der Waals surface area contributed by atoms with Crippen molar-refractivity contribution in [2.24, 2.45) is 0 Å². The number of aliphatic hydroxyl groups is 1. The van der Waals surface area contributed by atoms with E-state index in [1.807, 2.05) is 24.3 Å². The lowest BCUT2D eigenvalue weighted by Gasteiger charge is -2.22. The molecule has 1 fully saturated rings. The monoisotopic (exact) mass is 294 g/mol. The van der Waals surface area contributed by atoms with E-state index in [0.29, 0.717) is 6.26 Å². The fraction of sp³-hybridized carbons (Fsp3) is 0.231. The number of allylic oxidation sites excluding steroid dienone is 1. The van der Waals surface area contributed by atoms with E-state index in [-0.39, 0.29) is 35.9 Å². The molecule has 1 saturated carbocycles. The fourth-order valence-electron chi connectivity index (χ4n) is 2.07. The average Bonchev–Trinajstić information content (AvgIpc) is 2.29. The molecule has 0 spiro atoms. The summed E-state index contributed by atoms with van der Waals surface area (Å²) >= 11 is 3.42. The molecule has 0 aliphatic heterocycles. The van der Waals surface area contributed by atoms with Crippen LogP contribution in [0.15, 0.2) is 40.6 Å². The first-order chi connectivity index (χ1) is 8.13. The molecule has 1 aliphatic rings. The Bertz CT molecular complexity index is 485. The topological polar surface area (TPSA) is 54.4 Å². The zero-order valence-corrected chi connectivity index (χ0v) is 10.6. The molecule has 1 aromatic carbocycles. The lowest BCUT2D eigenvalue weighted by atomic mass is 9.80. The number of hydrogen-bond acceptors (Lipinski definition) is 3. The van der Waals surface area contributed by atoms with Gasteiger partial charge in [-0.05, 0) is 17.5 Å². The molecular weight excluding hydrogens is 284 g/mol. The molecule has 0 unspecified atom stereocenters. The molecule has 1 aromatic rings. The molecule has 17 heavy (non-hydrogen) atoms. The molecule has 1 N–H and O–H groups in total. The largest absolute Gasteiger partial charge is 0.515 e. The maximum atomic E-state index is 11.7. The normalized spacial score (nSPS) is 20.5. The Hall–Kier alpha value is -1.42. The summed E-state index contributed by atoms with van der Waals surface area (Å²) in [5, 5.41) is 8.83. The molecule has 0 aromatic heterocycles. The van der Waals surface area contributed by atoms with Crippen LogP contribution >= 0.6 is 15.9 Å². The van der Waals surface area contributed by atoms with Crippen molar-refractivity contribution in [3.05, 3.63) is 46.1 Å². The van der Waals surface area contributed by atoms with Gasteiger partial charge in [0.25, 0.3) is 0 Å². The molecule has 1 aliphatic carbocycles. The minimum atomic E-state index is -0.287. The van der Waals surface area contributed by atoms with Gasteiger partial charge < -0.3 is 5.11 Å². The highest BCUT2D eigenvalue weighted by molar-refractivity contribution is 9.10. The molecule has 2 rings (SSSR count). The maximum absolute atomic E-state index is 11.7. The Morgan fingerprint density at radius 2 is 1.76 bits per heavy atom. The van der Waals surface area contributed by atoms with Gasteiger partial charge in [0.15, 0.2) is 11.6 Å². The quantitative estimate of drug-likeness (QED) is 0.492. The lowest BCUT2D eigenvalue weighted by molar-refractivity contribution is -0.124. The molecule has 0 radical (unpaired) electrons. The summed E-state index contributed by atoms with van der Waals surface area (Å²) in [5.74, 6) is -0.678. The van der Waals surface area contributed by atoms with Crippen LogP contribution in [0.4, 0.5) is 0 Å². The van der Waals surface area contributed by atoms with Crippen molar-refractivity contribution in [3.8, 4) is 0 Å². The van der Waals surface area contributed by atoms with Crippen LogP contribution in [0.1, 0.15) is 24.3 Å². The van der Waals surface area contributed by atoms with Crippen LogP contribution in [0.25, 0.3) is 0 Å². The van der Waals surface area contributed by atoms with E-state index in [4.69, 9.17) is 5.11 Å². The van der Waals surface area contributed by atoms with Crippen molar-refractivity contribution in [3.63, 3.8) is 0 Å². The van der Waals surface area contributed by atoms with Crippen LogP contribution < -0.4 is 0 Å². The third-order valence-electron chi connectivity index (χ3n) is 2.94. The number of ketones is 2. The van der Waals surface area contributed by atoms with Crippen molar-refractivity contribution in [2.45, 2.75) is 18.8 Å². The fourth-order valence-corrected chi connectivity index (χ4v) is 2.67. The second kappa shape index (κ2) is 4.84. The number of rotatable bonds is 1. The Labute approximate surface area is 107 Å². The molecule has 4 heteroatoms. The Kier molecular flexibility index (Phi) is 3.43. The number of hydrogen-bond donors (Lipinski definition) is 1. The first-order valence-electron chi connectivity index (χ1n) is 5.28. The van der Waals surface area contributed by atoms with Crippen molar-refractivity contribution in [1.82, 2.24) is 0 Å². The van der Waals surface area contributed by atoms with Crippen LogP contribution in [0.5, 0.6) is 0 Å². The van der Waals surface area contributed by atoms with Crippen LogP contribution in [0, 0.1) is 0 Å². The number of benzene rings is 1. The van der Waals surface area contributed by atoms with Crippen LogP contribution in [0.3, 0.4) is 0 Å². The van der Waals surface area contributed by atoms with Gasteiger partial charge in [-0.25, -0.2) is 0 Å². The van der Waals surface area contributed by atoms with Gasteiger partial charge in [0.05, 0.1) is 11.8 Å². The second-order valence-corrected chi connectivity index (χ2v) is 4.87. The van der Waals surface area contributed by atoms with Gasteiger partial charge in [-0.15, -0.1) is 0 Å². The maximum Gasteiger partial charge on any atom is 0.170 e. The predicted octanol–water partition coefficient (Wildman–Crippen LogP) is 2.91. The third-order valence-corrected chi connectivity index (χ3v) is 3.66. The summed E-state index contributed by atoms with van der Waals surface area (Å²) in [6.45, 7) is 0. The summed E-state index contributed by atoms with van der Waals surface area (Å²) in [6, 6.07) is 7.57. The zero-order chi connectivity index (χ0) is 12.4. The van der Waals surface area contributed by atoms with Crippen LogP contribution in [0.2, 0.25) is 0 Å². The molecule has 88 valence electrons. The standard InChI is InChI=1S/C13H11BrO3/c14-11-4-2-1-3-9(11)8-5-12(16)10(7-15)13(17)6-8/h1-4,7-8,15H,5-6H2. The Morgan fingerprint density at radius 3 is 2.29 bits per heavy atom. The Balaban J connectivity index is 2.30. The number of carbonyl (C=O) groups is 2. The van der Waals surface area contributed by atoms with Crippen molar-refractivity contribution >= 4 is 27.5 Å². The van der Waals surface area contributed by atoms with Gasteiger partial charge in [0.1, 0.15) is 0 Å². The Morgan fingerprint density at radius 1 is 1.18 bits per heavy atom. The van der Waals surface area contributed by atoms with E-state index < -0.39 is 0 Å². The number of halogens is 1. The average molecular weight is 295 g/mol. The molecule has 0 amide bonds. The zero-order valence-electron chi connectivity index (χ0n) is 9.02. The van der Waals surface area contributed by atoms with E-state index in [9.17, 15) is 9.59 Å². The van der Waals surface area contributed by atoms with Crippen molar-refractivity contribution in [1.29, 1.82) is 0 Å². The summed E-state index contributed by atoms with van der Waals surface area (Å²) in [7, 11) is 0. The van der Waals surface area contributed by atoms with Gasteiger partial charge >= 0.3 is 0 Å². The molecule has 0 saturated heterocycles. The number of Topliss-reactive ketones (excluding diaryl/α,β-unsaturated/α-hetero) is 2. The highest BCUT2D eigenvalue weighted by Gasteiger charge is 2.32. The van der Waals surface area contributed by atoms with E-state index in [1.54, 1.807) is 0 Å². The summed E-state index contributed by atoms with van der Waals surface area (Å²) in [4.78, 5) is 23.3. The summed E-state index contributed by atoms with van der Waals surface area (Å²) in [5.41, 5.74) is 0.888. The van der Waals surface area contributed by atoms with E-state index >= 15 is 0 Å². The molecule has 0 atom stereocenters. The highest BCUT2D eigenvalue weighted by Crippen LogP contribution is 2.35. The molecule has 3 nitrogen and oxygen atoms in total. The molecule has 0 bridgehead atoms.